The fraction of sp³-hybridized carbons (Fsp3) is 0.867. The number of aryl methyl sites for hydroxylation is 1. The molecule has 1 fully saturated rings. The first-order valence-corrected chi connectivity index (χ1v) is 7.88. The maximum atomic E-state index is 4.43. The SMILES string of the molecule is CCn1ncnc1CC(NC)C(C)(C)N1CCCCC1. The second-order valence-electron chi connectivity index (χ2n) is 6.24. The van der Waals surface area contributed by atoms with Crippen molar-refractivity contribution in [1.29, 1.82) is 0 Å². The van der Waals surface area contributed by atoms with Gasteiger partial charge in [-0.05, 0) is 53.8 Å². The van der Waals surface area contributed by atoms with Crippen LogP contribution in [0.25, 0.3) is 0 Å². The molecule has 0 aliphatic carbocycles. The van der Waals surface area contributed by atoms with Crippen LogP contribution in [0.5, 0.6) is 0 Å². The molecule has 0 radical (unpaired) electrons. The molecule has 0 saturated carbocycles. The van der Waals surface area contributed by atoms with Gasteiger partial charge in [0.05, 0.1) is 0 Å². The molecule has 5 heteroatoms. The van der Waals surface area contributed by atoms with Crippen molar-refractivity contribution >= 4 is 0 Å². The zero-order chi connectivity index (χ0) is 14.6. The predicted molar refractivity (Wildman–Crippen MR) is 81.8 cm³/mol. The van der Waals surface area contributed by atoms with Gasteiger partial charge < -0.3 is 5.32 Å². The summed E-state index contributed by atoms with van der Waals surface area (Å²) in [6.07, 6.45) is 6.62. The van der Waals surface area contributed by atoms with Crippen molar-refractivity contribution in [3.05, 3.63) is 12.2 Å². The van der Waals surface area contributed by atoms with E-state index in [0.29, 0.717) is 6.04 Å². The number of likely N-dealkylation sites (N-methyl/N-ethyl adjacent to an activating group) is 1. The molecule has 1 aliphatic heterocycles. The maximum absolute atomic E-state index is 4.43. The second-order valence-corrected chi connectivity index (χ2v) is 6.24. The van der Waals surface area contributed by atoms with Crippen LogP contribution in [0.3, 0.4) is 0 Å². The second kappa shape index (κ2) is 6.68. The monoisotopic (exact) mass is 279 g/mol. The molecule has 5 nitrogen and oxygen atoms in total. The van der Waals surface area contributed by atoms with E-state index >= 15 is 0 Å². The molecule has 1 aliphatic rings. The molecule has 0 bridgehead atoms. The molecule has 1 atom stereocenters. The van der Waals surface area contributed by atoms with Gasteiger partial charge in [-0.1, -0.05) is 6.42 Å². The smallest absolute Gasteiger partial charge is 0.138 e. The van der Waals surface area contributed by atoms with Gasteiger partial charge in [0.15, 0.2) is 0 Å². The van der Waals surface area contributed by atoms with Crippen LogP contribution in [-0.2, 0) is 13.0 Å². The van der Waals surface area contributed by atoms with Crippen LogP contribution in [0.2, 0.25) is 0 Å². The van der Waals surface area contributed by atoms with E-state index in [2.05, 4.69) is 48.1 Å². The lowest BCUT2D eigenvalue weighted by Gasteiger charge is -2.46. The molecule has 0 spiro atoms. The number of piperidine rings is 1. The lowest BCUT2D eigenvalue weighted by Crippen LogP contribution is -2.59. The zero-order valence-electron chi connectivity index (χ0n) is 13.4. The van der Waals surface area contributed by atoms with E-state index in [4.69, 9.17) is 0 Å². The van der Waals surface area contributed by atoms with Crippen molar-refractivity contribution in [3.8, 4) is 0 Å². The quantitative estimate of drug-likeness (QED) is 0.861. The number of nitrogens with zero attached hydrogens (tertiary/aromatic N) is 4. The van der Waals surface area contributed by atoms with E-state index in [-0.39, 0.29) is 5.54 Å². The largest absolute Gasteiger partial charge is 0.315 e. The van der Waals surface area contributed by atoms with Crippen LogP contribution in [-0.4, -0.2) is 51.4 Å². The first-order valence-electron chi connectivity index (χ1n) is 7.88. The molecule has 1 aromatic heterocycles. The summed E-state index contributed by atoms with van der Waals surface area (Å²) in [5.74, 6) is 1.08. The summed E-state index contributed by atoms with van der Waals surface area (Å²) in [5.41, 5.74) is 0.139. The van der Waals surface area contributed by atoms with Crippen LogP contribution in [0.4, 0.5) is 0 Å². The van der Waals surface area contributed by atoms with Gasteiger partial charge in [-0.2, -0.15) is 5.10 Å². The number of aromatic nitrogens is 3. The van der Waals surface area contributed by atoms with E-state index in [1.165, 1.54) is 32.4 Å². The Bertz CT molecular complexity index is 406. The minimum absolute atomic E-state index is 0.139. The number of rotatable bonds is 6. The van der Waals surface area contributed by atoms with Gasteiger partial charge in [0.25, 0.3) is 0 Å². The molecular formula is C15H29N5. The highest BCUT2D eigenvalue weighted by atomic mass is 15.3. The summed E-state index contributed by atoms with van der Waals surface area (Å²) >= 11 is 0. The normalized spacial score (nSPS) is 19.2. The molecule has 114 valence electrons. The number of likely N-dealkylation sites (tertiary alicyclic amines) is 1. The number of hydrogen-bond acceptors (Lipinski definition) is 4. The van der Waals surface area contributed by atoms with Crippen molar-refractivity contribution in [2.75, 3.05) is 20.1 Å². The van der Waals surface area contributed by atoms with E-state index in [1.54, 1.807) is 6.33 Å². The highest BCUT2D eigenvalue weighted by molar-refractivity contribution is 5.00. The van der Waals surface area contributed by atoms with E-state index in [9.17, 15) is 0 Å². The van der Waals surface area contributed by atoms with Gasteiger partial charge >= 0.3 is 0 Å². The van der Waals surface area contributed by atoms with Gasteiger partial charge in [-0.25, -0.2) is 4.98 Å². The maximum Gasteiger partial charge on any atom is 0.138 e. The highest BCUT2D eigenvalue weighted by Gasteiger charge is 2.35. The Morgan fingerprint density at radius 2 is 2.00 bits per heavy atom. The molecule has 1 N–H and O–H groups in total. The van der Waals surface area contributed by atoms with Crippen LogP contribution >= 0.6 is 0 Å². The minimum Gasteiger partial charge on any atom is -0.315 e. The Morgan fingerprint density at radius 3 is 2.60 bits per heavy atom. The summed E-state index contributed by atoms with van der Waals surface area (Å²) < 4.78 is 2.00. The molecule has 2 heterocycles. The fourth-order valence-corrected chi connectivity index (χ4v) is 3.29. The molecule has 1 unspecified atom stereocenters. The Hall–Kier alpha value is -0.940. The minimum atomic E-state index is 0.139. The third-order valence-corrected chi connectivity index (χ3v) is 4.75. The van der Waals surface area contributed by atoms with Gasteiger partial charge in [-0.3, -0.25) is 9.58 Å². The van der Waals surface area contributed by atoms with Crippen molar-refractivity contribution in [3.63, 3.8) is 0 Å². The molecule has 2 rings (SSSR count). The van der Waals surface area contributed by atoms with Crippen LogP contribution < -0.4 is 5.32 Å². The number of hydrogen-bond donors (Lipinski definition) is 1. The van der Waals surface area contributed by atoms with Gasteiger partial charge in [-0.15, -0.1) is 0 Å². The topological polar surface area (TPSA) is 46.0 Å². The Labute approximate surface area is 122 Å². The van der Waals surface area contributed by atoms with Crippen molar-refractivity contribution in [2.24, 2.45) is 0 Å². The highest BCUT2D eigenvalue weighted by Crippen LogP contribution is 2.25. The van der Waals surface area contributed by atoms with Gasteiger partial charge in [0.1, 0.15) is 12.2 Å². The van der Waals surface area contributed by atoms with Crippen LogP contribution in [0.15, 0.2) is 6.33 Å². The fourth-order valence-electron chi connectivity index (χ4n) is 3.29. The lowest BCUT2D eigenvalue weighted by molar-refractivity contribution is 0.0626. The van der Waals surface area contributed by atoms with Crippen LogP contribution in [0.1, 0.15) is 45.9 Å². The molecular weight excluding hydrogens is 250 g/mol. The molecule has 20 heavy (non-hydrogen) atoms. The summed E-state index contributed by atoms with van der Waals surface area (Å²) in [5, 5.41) is 7.79. The van der Waals surface area contributed by atoms with Crippen LogP contribution in [0, 0.1) is 0 Å². The van der Waals surface area contributed by atoms with E-state index in [0.717, 1.165) is 18.8 Å². The average molecular weight is 279 g/mol. The molecule has 0 aromatic carbocycles. The number of nitrogens with one attached hydrogen (secondary N) is 1. The van der Waals surface area contributed by atoms with Crippen molar-refractivity contribution in [1.82, 2.24) is 25.0 Å². The van der Waals surface area contributed by atoms with Crippen molar-refractivity contribution in [2.45, 2.75) is 64.6 Å². The summed E-state index contributed by atoms with van der Waals surface area (Å²) in [4.78, 5) is 7.06. The van der Waals surface area contributed by atoms with Crippen molar-refractivity contribution < 1.29 is 0 Å². The Balaban J connectivity index is 2.09. The summed E-state index contributed by atoms with van der Waals surface area (Å²) in [6.45, 7) is 10.1. The zero-order valence-corrected chi connectivity index (χ0v) is 13.4. The third-order valence-electron chi connectivity index (χ3n) is 4.75. The predicted octanol–water partition coefficient (Wildman–Crippen LogP) is 1.69. The third kappa shape index (κ3) is 3.20. The lowest BCUT2D eigenvalue weighted by atomic mass is 9.88. The Kier molecular flexibility index (Phi) is 5.16. The van der Waals surface area contributed by atoms with E-state index < -0.39 is 0 Å². The molecule has 0 amide bonds. The molecule has 1 aromatic rings. The first kappa shape index (κ1) is 15.4. The Morgan fingerprint density at radius 1 is 1.30 bits per heavy atom. The molecule has 1 saturated heterocycles. The standard InChI is InChI=1S/C15H29N5/c1-5-20-14(17-12-18-20)11-13(16-4)15(2,3)19-9-7-6-8-10-19/h12-13,16H,5-11H2,1-4H3. The first-order chi connectivity index (χ1) is 9.59. The van der Waals surface area contributed by atoms with E-state index in [1.807, 2.05) is 4.68 Å². The van der Waals surface area contributed by atoms with Gasteiger partial charge in [0, 0.05) is 24.5 Å². The summed E-state index contributed by atoms with van der Waals surface area (Å²) in [7, 11) is 2.06. The van der Waals surface area contributed by atoms with Gasteiger partial charge in [0.2, 0.25) is 0 Å². The summed E-state index contributed by atoms with van der Waals surface area (Å²) in [6, 6.07) is 0.384. The average Bonchev–Trinajstić information content (AvgIpc) is 2.92.